The van der Waals surface area contributed by atoms with Gasteiger partial charge < -0.3 is 15.2 Å². The van der Waals surface area contributed by atoms with E-state index < -0.39 is 0 Å². The van der Waals surface area contributed by atoms with Crippen LogP contribution >= 0.6 is 0 Å². The van der Waals surface area contributed by atoms with E-state index in [1.807, 2.05) is 19.1 Å². The number of hydrogen-bond donors (Lipinski definition) is 1. The Morgan fingerprint density at radius 3 is 2.90 bits per heavy atom. The normalized spacial score (nSPS) is 37.4. The van der Waals surface area contributed by atoms with Crippen LogP contribution in [0.15, 0.2) is 18.2 Å². The largest absolute Gasteiger partial charge is 0.486 e. The molecule has 1 amide bonds. The van der Waals surface area contributed by atoms with Gasteiger partial charge in [0.1, 0.15) is 13.2 Å². The van der Waals surface area contributed by atoms with Crippen molar-refractivity contribution in [2.24, 2.45) is 23.0 Å². The molecule has 0 aromatic heterocycles. The molecule has 3 aliphatic rings. The van der Waals surface area contributed by atoms with Gasteiger partial charge in [0.15, 0.2) is 11.5 Å². The number of nitrogens with two attached hydrogens (primary N) is 1. The van der Waals surface area contributed by atoms with Crippen LogP contribution < -0.4 is 15.2 Å². The highest BCUT2D eigenvalue weighted by Crippen LogP contribution is 2.68. The van der Waals surface area contributed by atoms with E-state index in [2.05, 4.69) is 6.07 Å². The maximum atomic E-state index is 11.5. The number of carbonyl (C=O) groups is 1. The van der Waals surface area contributed by atoms with Gasteiger partial charge >= 0.3 is 0 Å². The van der Waals surface area contributed by atoms with Gasteiger partial charge in [-0.15, -0.1) is 0 Å². The fourth-order valence-electron chi connectivity index (χ4n) is 3.71. The highest BCUT2D eigenvalue weighted by molar-refractivity contribution is 5.84. The minimum atomic E-state index is -0.272. The summed E-state index contributed by atoms with van der Waals surface area (Å²) in [7, 11) is 0. The first-order valence-electron chi connectivity index (χ1n) is 7.29. The summed E-state index contributed by atoms with van der Waals surface area (Å²) in [5.74, 6) is 3.14. The van der Waals surface area contributed by atoms with Crippen LogP contribution in [0, 0.1) is 17.3 Å². The molecule has 20 heavy (non-hydrogen) atoms. The number of benzene rings is 1. The van der Waals surface area contributed by atoms with Gasteiger partial charge in [0.25, 0.3) is 0 Å². The highest BCUT2D eigenvalue weighted by atomic mass is 16.6. The Labute approximate surface area is 118 Å². The Balaban J connectivity index is 1.56. The third-order valence-corrected chi connectivity index (χ3v) is 5.22. The topological polar surface area (TPSA) is 61.6 Å². The first-order valence-corrected chi connectivity index (χ1v) is 7.29. The standard InChI is InChI=1S/C16H19NO3/c1-16(15(17)18)8-12(16)11-7-10(11)9-3-2-4-13-14(9)20-6-5-19-13/h2-4,10-12H,5-8H2,1H3,(H2,17,18). The summed E-state index contributed by atoms with van der Waals surface area (Å²) in [6.07, 6.45) is 2.07. The van der Waals surface area contributed by atoms with Gasteiger partial charge in [-0.1, -0.05) is 19.1 Å². The molecule has 4 rings (SSSR count). The molecule has 2 fully saturated rings. The van der Waals surface area contributed by atoms with Crippen molar-refractivity contribution in [2.45, 2.75) is 25.7 Å². The molecule has 106 valence electrons. The summed E-state index contributed by atoms with van der Waals surface area (Å²) in [6, 6.07) is 6.11. The van der Waals surface area contributed by atoms with Gasteiger partial charge in [0, 0.05) is 11.0 Å². The lowest BCUT2D eigenvalue weighted by Crippen LogP contribution is -2.24. The molecule has 0 saturated heterocycles. The van der Waals surface area contributed by atoms with Gasteiger partial charge in [0.05, 0.1) is 0 Å². The number of fused-ring (bicyclic) bond motifs is 1. The highest BCUT2D eigenvalue weighted by Gasteiger charge is 2.64. The third-order valence-electron chi connectivity index (χ3n) is 5.22. The summed E-state index contributed by atoms with van der Waals surface area (Å²) in [5, 5.41) is 0. The number of carbonyl (C=O) groups excluding carboxylic acids is 1. The van der Waals surface area contributed by atoms with Crippen molar-refractivity contribution in [3.63, 3.8) is 0 Å². The zero-order valence-corrected chi connectivity index (χ0v) is 11.6. The van der Waals surface area contributed by atoms with Crippen molar-refractivity contribution in [2.75, 3.05) is 13.2 Å². The third kappa shape index (κ3) is 1.63. The van der Waals surface area contributed by atoms with Crippen molar-refractivity contribution in [3.8, 4) is 11.5 Å². The van der Waals surface area contributed by atoms with E-state index in [1.54, 1.807) is 0 Å². The summed E-state index contributed by atoms with van der Waals surface area (Å²) in [5.41, 5.74) is 6.47. The van der Waals surface area contributed by atoms with Crippen molar-refractivity contribution >= 4 is 5.91 Å². The van der Waals surface area contributed by atoms with Gasteiger partial charge in [-0.25, -0.2) is 0 Å². The molecule has 4 nitrogen and oxygen atoms in total. The summed E-state index contributed by atoms with van der Waals surface area (Å²) < 4.78 is 11.4. The average Bonchev–Trinajstić information content (AvgIpc) is 3.33. The minimum Gasteiger partial charge on any atom is -0.486 e. The molecule has 1 heterocycles. The van der Waals surface area contributed by atoms with E-state index in [-0.39, 0.29) is 11.3 Å². The van der Waals surface area contributed by atoms with Gasteiger partial charge in [-0.2, -0.15) is 0 Å². The average molecular weight is 273 g/mol. The van der Waals surface area contributed by atoms with Gasteiger partial charge in [0.2, 0.25) is 5.91 Å². The summed E-state index contributed by atoms with van der Waals surface area (Å²) in [6.45, 7) is 3.23. The summed E-state index contributed by atoms with van der Waals surface area (Å²) in [4.78, 5) is 11.5. The van der Waals surface area contributed by atoms with E-state index in [0.29, 0.717) is 31.0 Å². The number of para-hydroxylation sites is 1. The van der Waals surface area contributed by atoms with E-state index in [4.69, 9.17) is 15.2 Å². The lowest BCUT2D eigenvalue weighted by Gasteiger charge is -2.21. The van der Waals surface area contributed by atoms with E-state index >= 15 is 0 Å². The Morgan fingerprint density at radius 1 is 1.35 bits per heavy atom. The lowest BCUT2D eigenvalue weighted by atomic mass is 10.00. The monoisotopic (exact) mass is 273 g/mol. The van der Waals surface area contributed by atoms with E-state index in [1.165, 1.54) is 5.56 Å². The SMILES string of the molecule is CC1(C(N)=O)CC1C1CC1c1cccc2c1OCCO2. The predicted octanol–water partition coefficient (Wildman–Crippen LogP) is 2.07. The molecule has 2 aliphatic carbocycles. The minimum absolute atomic E-state index is 0.150. The second kappa shape index (κ2) is 3.90. The van der Waals surface area contributed by atoms with Crippen molar-refractivity contribution < 1.29 is 14.3 Å². The fraction of sp³-hybridized carbons (Fsp3) is 0.562. The van der Waals surface area contributed by atoms with Crippen molar-refractivity contribution in [3.05, 3.63) is 23.8 Å². The van der Waals surface area contributed by atoms with E-state index in [0.717, 1.165) is 24.3 Å². The van der Waals surface area contributed by atoms with Crippen LogP contribution in [0.1, 0.15) is 31.2 Å². The Morgan fingerprint density at radius 2 is 2.15 bits per heavy atom. The molecule has 1 aromatic rings. The number of amides is 1. The Kier molecular flexibility index (Phi) is 2.35. The zero-order valence-electron chi connectivity index (χ0n) is 11.6. The summed E-state index contributed by atoms with van der Waals surface area (Å²) >= 11 is 0. The fourth-order valence-corrected chi connectivity index (χ4v) is 3.71. The Hall–Kier alpha value is -1.71. The molecule has 4 heteroatoms. The van der Waals surface area contributed by atoms with Crippen LogP contribution in [0.4, 0.5) is 0 Å². The Bertz CT molecular complexity index is 585. The molecule has 1 aliphatic heterocycles. The molecular formula is C16H19NO3. The number of rotatable bonds is 3. The number of hydrogen-bond acceptors (Lipinski definition) is 3. The first kappa shape index (κ1) is 12.1. The second-order valence-electron chi connectivity index (χ2n) is 6.47. The quantitative estimate of drug-likeness (QED) is 0.917. The molecular weight excluding hydrogens is 254 g/mol. The van der Waals surface area contributed by atoms with E-state index in [9.17, 15) is 4.79 Å². The molecule has 0 bridgehead atoms. The van der Waals surface area contributed by atoms with Gasteiger partial charge in [-0.3, -0.25) is 4.79 Å². The molecule has 4 atom stereocenters. The molecule has 1 aromatic carbocycles. The molecule has 0 radical (unpaired) electrons. The molecule has 0 spiro atoms. The molecule has 2 N–H and O–H groups in total. The number of primary amides is 1. The maximum absolute atomic E-state index is 11.5. The van der Waals surface area contributed by atoms with Crippen LogP contribution in [-0.2, 0) is 4.79 Å². The maximum Gasteiger partial charge on any atom is 0.223 e. The second-order valence-corrected chi connectivity index (χ2v) is 6.47. The van der Waals surface area contributed by atoms with Crippen LogP contribution in [0.25, 0.3) is 0 Å². The molecule has 4 unspecified atom stereocenters. The first-order chi connectivity index (χ1) is 9.61. The van der Waals surface area contributed by atoms with Crippen molar-refractivity contribution in [1.82, 2.24) is 0 Å². The zero-order chi connectivity index (χ0) is 13.9. The molecule has 2 saturated carbocycles. The smallest absolute Gasteiger partial charge is 0.223 e. The number of ether oxygens (including phenoxy) is 2. The van der Waals surface area contributed by atoms with Crippen LogP contribution in [-0.4, -0.2) is 19.1 Å². The van der Waals surface area contributed by atoms with Crippen LogP contribution in [0.3, 0.4) is 0 Å². The van der Waals surface area contributed by atoms with Gasteiger partial charge in [-0.05, 0) is 36.7 Å². The van der Waals surface area contributed by atoms with Crippen LogP contribution in [0.5, 0.6) is 11.5 Å². The van der Waals surface area contributed by atoms with Crippen molar-refractivity contribution in [1.29, 1.82) is 0 Å². The van der Waals surface area contributed by atoms with Crippen LogP contribution in [0.2, 0.25) is 0 Å². The lowest BCUT2D eigenvalue weighted by molar-refractivity contribution is -0.123. The predicted molar refractivity (Wildman–Crippen MR) is 73.7 cm³/mol.